The Balaban J connectivity index is 1.63. The van der Waals surface area contributed by atoms with Gasteiger partial charge in [-0.1, -0.05) is 11.8 Å². The number of hydrogen-bond donors (Lipinski definition) is 0. The number of rotatable bonds is 4. The minimum Gasteiger partial charge on any atom is -0.335 e. The summed E-state index contributed by atoms with van der Waals surface area (Å²) in [5.41, 5.74) is 4.01. The van der Waals surface area contributed by atoms with Crippen molar-refractivity contribution in [1.29, 1.82) is 0 Å². The van der Waals surface area contributed by atoms with Gasteiger partial charge in [-0.15, -0.1) is 5.10 Å². The first-order valence-corrected chi connectivity index (χ1v) is 10.8. The Morgan fingerprint density at radius 3 is 2.96 bits per heavy atom. The molecule has 1 aliphatic rings. The third-order valence-electron chi connectivity index (χ3n) is 5.04. The lowest BCUT2D eigenvalue weighted by Crippen LogP contribution is -2.32. The summed E-state index contributed by atoms with van der Waals surface area (Å²) in [5.74, 6) is 0.758. The van der Waals surface area contributed by atoms with Gasteiger partial charge < -0.3 is 4.90 Å². The topological polar surface area (TPSA) is 63.4 Å². The van der Waals surface area contributed by atoms with E-state index in [1.165, 1.54) is 17.3 Å². The molecule has 0 saturated carbocycles. The van der Waals surface area contributed by atoms with Gasteiger partial charge in [0.15, 0.2) is 0 Å². The van der Waals surface area contributed by atoms with E-state index in [-0.39, 0.29) is 11.9 Å². The van der Waals surface area contributed by atoms with E-state index in [1.807, 2.05) is 25.0 Å². The number of carbonyl (C=O) groups excluding carboxylic acids is 1. The summed E-state index contributed by atoms with van der Waals surface area (Å²) in [4.78, 5) is 24.1. The Kier molecular flexibility index (Phi) is 4.71. The van der Waals surface area contributed by atoms with E-state index in [1.54, 1.807) is 15.9 Å². The van der Waals surface area contributed by atoms with Gasteiger partial charge in [0.25, 0.3) is 5.78 Å². The second-order valence-corrected chi connectivity index (χ2v) is 8.10. The molecule has 0 radical (unpaired) electrons. The van der Waals surface area contributed by atoms with Crippen molar-refractivity contribution < 1.29 is 4.79 Å². The average molecular weight is 388 g/mol. The van der Waals surface area contributed by atoms with Crippen LogP contribution in [0.15, 0.2) is 22.0 Å². The van der Waals surface area contributed by atoms with Crippen LogP contribution in [-0.4, -0.2) is 43.2 Å². The molecule has 136 valence electrons. The predicted molar refractivity (Wildman–Crippen MR) is 104 cm³/mol. The molecule has 0 aliphatic carbocycles. The smallest absolute Gasteiger partial charge is 0.253 e. The molecule has 1 unspecified atom stereocenters. The van der Waals surface area contributed by atoms with Crippen LogP contribution in [0.3, 0.4) is 0 Å². The minimum absolute atomic E-state index is 0.163. The van der Waals surface area contributed by atoms with E-state index in [4.69, 9.17) is 0 Å². The lowest BCUT2D eigenvalue weighted by molar-refractivity contribution is -0.131. The highest BCUT2D eigenvalue weighted by Crippen LogP contribution is 2.33. The highest BCUT2D eigenvalue weighted by molar-refractivity contribution is 7.98. The summed E-state index contributed by atoms with van der Waals surface area (Å²) in [7, 11) is 0. The molecule has 3 aromatic rings. The Bertz CT molecular complexity index is 950. The van der Waals surface area contributed by atoms with Gasteiger partial charge >= 0.3 is 0 Å². The van der Waals surface area contributed by atoms with Crippen molar-refractivity contribution in [2.45, 2.75) is 44.3 Å². The maximum Gasteiger partial charge on any atom is 0.253 e. The zero-order valence-corrected chi connectivity index (χ0v) is 16.7. The molecule has 3 aromatic heterocycles. The zero-order chi connectivity index (χ0) is 18.3. The molecule has 0 spiro atoms. The Labute approximate surface area is 160 Å². The van der Waals surface area contributed by atoms with Crippen molar-refractivity contribution in [2.75, 3.05) is 12.8 Å². The largest absolute Gasteiger partial charge is 0.335 e. The van der Waals surface area contributed by atoms with E-state index in [0.29, 0.717) is 17.4 Å². The number of thiophene rings is 1. The number of carbonyl (C=O) groups is 1. The van der Waals surface area contributed by atoms with Crippen LogP contribution < -0.4 is 0 Å². The standard InChI is InChI=1S/C18H21N5OS2/c1-11-14(12(2)23-17(19-11)20-18(21-23)25-3)9-16(24)22-7-4-5-15(22)13-6-8-26-10-13/h6,8,10,15H,4-5,7,9H2,1-3H3. The third kappa shape index (κ3) is 3.01. The van der Waals surface area contributed by atoms with Gasteiger partial charge in [0, 0.05) is 23.5 Å². The van der Waals surface area contributed by atoms with E-state index < -0.39 is 0 Å². The maximum atomic E-state index is 13.1. The van der Waals surface area contributed by atoms with Crippen LogP contribution in [0.2, 0.25) is 0 Å². The van der Waals surface area contributed by atoms with Crippen LogP contribution >= 0.6 is 23.1 Å². The second-order valence-electron chi connectivity index (χ2n) is 6.55. The van der Waals surface area contributed by atoms with E-state index in [9.17, 15) is 4.79 Å². The molecule has 6 nitrogen and oxygen atoms in total. The van der Waals surface area contributed by atoms with Gasteiger partial charge in [-0.2, -0.15) is 16.3 Å². The van der Waals surface area contributed by atoms with E-state index in [2.05, 4.69) is 31.9 Å². The third-order valence-corrected chi connectivity index (χ3v) is 6.28. The van der Waals surface area contributed by atoms with Gasteiger partial charge in [-0.25, -0.2) is 9.50 Å². The first kappa shape index (κ1) is 17.5. The Morgan fingerprint density at radius 1 is 1.38 bits per heavy atom. The van der Waals surface area contributed by atoms with Crippen molar-refractivity contribution in [2.24, 2.45) is 0 Å². The molecule has 1 fully saturated rings. The number of aryl methyl sites for hydroxylation is 2. The van der Waals surface area contributed by atoms with E-state index >= 15 is 0 Å². The van der Waals surface area contributed by atoms with Crippen LogP contribution in [0, 0.1) is 13.8 Å². The fourth-order valence-corrected chi connectivity index (χ4v) is 4.70. The van der Waals surface area contributed by atoms with Crippen molar-refractivity contribution in [1.82, 2.24) is 24.5 Å². The summed E-state index contributed by atoms with van der Waals surface area (Å²) in [6.07, 6.45) is 4.40. The molecule has 26 heavy (non-hydrogen) atoms. The lowest BCUT2D eigenvalue weighted by Gasteiger charge is -2.25. The van der Waals surface area contributed by atoms with Crippen molar-refractivity contribution >= 4 is 34.8 Å². The first-order valence-electron chi connectivity index (χ1n) is 8.67. The molecular formula is C18H21N5OS2. The molecule has 1 saturated heterocycles. The molecule has 1 atom stereocenters. The van der Waals surface area contributed by atoms with Crippen LogP contribution in [0.1, 0.15) is 41.4 Å². The summed E-state index contributed by atoms with van der Waals surface area (Å²) in [6.45, 7) is 4.76. The fourth-order valence-electron chi connectivity index (χ4n) is 3.66. The number of aromatic nitrogens is 4. The molecule has 0 bridgehead atoms. The molecule has 4 rings (SSSR count). The predicted octanol–water partition coefficient (Wildman–Crippen LogP) is 3.43. The van der Waals surface area contributed by atoms with E-state index in [0.717, 1.165) is 36.3 Å². The summed E-state index contributed by atoms with van der Waals surface area (Å²) in [6, 6.07) is 2.34. The molecule has 1 amide bonds. The SMILES string of the molecule is CSc1nc2nc(C)c(CC(=O)N3CCCC3c3ccsc3)c(C)n2n1. The molecule has 8 heteroatoms. The van der Waals surface area contributed by atoms with Crippen LogP contribution in [0.4, 0.5) is 0 Å². The normalized spacial score (nSPS) is 17.3. The van der Waals surface area contributed by atoms with Crippen molar-refractivity contribution in [3.63, 3.8) is 0 Å². The fraction of sp³-hybridized carbons (Fsp3) is 0.444. The van der Waals surface area contributed by atoms with Crippen LogP contribution in [0.25, 0.3) is 5.78 Å². The molecular weight excluding hydrogens is 366 g/mol. The van der Waals surface area contributed by atoms with Gasteiger partial charge in [0.05, 0.1) is 12.5 Å². The highest BCUT2D eigenvalue weighted by atomic mass is 32.2. The first-order chi connectivity index (χ1) is 12.6. The molecule has 0 aromatic carbocycles. The van der Waals surface area contributed by atoms with Crippen molar-refractivity contribution in [3.8, 4) is 0 Å². The monoisotopic (exact) mass is 387 g/mol. The number of thioether (sulfide) groups is 1. The number of fused-ring (bicyclic) bond motifs is 1. The maximum absolute atomic E-state index is 13.1. The average Bonchev–Trinajstić information content (AvgIpc) is 3.37. The van der Waals surface area contributed by atoms with Gasteiger partial charge in [-0.3, -0.25) is 4.79 Å². The molecule has 1 aliphatic heterocycles. The summed E-state index contributed by atoms with van der Waals surface area (Å²) < 4.78 is 1.75. The Morgan fingerprint density at radius 2 is 2.23 bits per heavy atom. The number of likely N-dealkylation sites (tertiary alicyclic amines) is 1. The summed E-state index contributed by atoms with van der Waals surface area (Å²) in [5, 5.41) is 9.40. The number of amides is 1. The number of nitrogens with zero attached hydrogens (tertiary/aromatic N) is 5. The lowest BCUT2D eigenvalue weighted by atomic mass is 10.1. The van der Waals surface area contributed by atoms with Gasteiger partial charge in [0.2, 0.25) is 11.1 Å². The molecule has 4 heterocycles. The van der Waals surface area contributed by atoms with Gasteiger partial charge in [0.1, 0.15) is 0 Å². The van der Waals surface area contributed by atoms with Crippen LogP contribution in [-0.2, 0) is 11.2 Å². The Hall–Kier alpha value is -1.93. The quantitative estimate of drug-likeness (QED) is 0.642. The van der Waals surface area contributed by atoms with Crippen LogP contribution in [0.5, 0.6) is 0 Å². The minimum atomic E-state index is 0.163. The second kappa shape index (κ2) is 7.00. The van der Waals surface area contributed by atoms with Crippen molar-refractivity contribution in [3.05, 3.63) is 39.3 Å². The highest BCUT2D eigenvalue weighted by Gasteiger charge is 2.30. The molecule has 0 N–H and O–H groups in total. The van der Waals surface area contributed by atoms with Gasteiger partial charge in [-0.05, 0) is 55.3 Å². The number of hydrogen-bond acceptors (Lipinski definition) is 6. The summed E-state index contributed by atoms with van der Waals surface area (Å²) >= 11 is 3.18. The zero-order valence-electron chi connectivity index (χ0n) is 15.1.